The molecule has 0 aliphatic carbocycles. The van der Waals surface area contributed by atoms with Crippen LogP contribution in [0.15, 0.2) is 12.1 Å². The van der Waals surface area contributed by atoms with Gasteiger partial charge in [0.25, 0.3) is 0 Å². The first kappa shape index (κ1) is 13.3. The number of benzene rings is 1. The highest BCUT2D eigenvalue weighted by Gasteiger charge is 2.18. The van der Waals surface area contributed by atoms with Crippen molar-refractivity contribution in [3.8, 4) is 5.69 Å². The van der Waals surface area contributed by atoms with Gasteiger partial charge in [-0.1, -0.05) is 28.4 Å². The maximum atomic E-state index is 13.1. The number of rotatable bonds is 2. The molecule has 1 heterocycles. The molecule has 0 spiro atoms. The molecule has 0 amide bonds. The van der Waals surface area contributed by atoms with Crippen LogP contribution in [0, 0.1) is 12.7 Å². The Hall–Kier alpha value is -1.17. The van der Waals surface area contributed by atoms with Crippen LogP contribution in [0.1, 0.15) is 24.4 Å². The molecular formula is C11H11Cl2FN4. The Morgan fingerprint density at radius 2 is 1.89 bits per heavy atom. The number of nitrogens with zero attached hydrogens (tertiary/aromatic N) is 3. The summed E-state index contributed by atoms with van der Waals surface area (Å²) in [6.45, 7) is 3.60. The second-order valence-electron chi connectivity index (χ2n) is 3.98. The number of hydrogen-bond donors (Lipinski definition) is 1. The molecule has 1 atom stereocenters. The first-order valence-corrected chi connectivity index (χ1v) is 6.00. The first-order valence-electron chi connectivity index (χ1n) is 5.24. The van der Waals surface area contributed by atoms with Gasteiger partial charge in [0, 0.05) is 6.04 Å². The van der Waals surface area contributed by atoms with Crippen LogP contribution in [0.3, 0.4) is 0 Å². The van der Waals surface area contributed by atoms with Gasteiger partial charge in [0.2, 0.25) is 0 Å². The lowest BCUT2D eigenvalue weighted by Gasteiger charge is -2.09. The zero-order valence-electron chi connectivity index (χ0n) is 9.78. The van der Waals surface area contributed by atoms with Gasteiger partial charge in [-0.3, -0.25) is 0 Å². The number of aromatic nitrogens is 3. The van der Waals surface area contributed by atoms with Crippen molar-refractivity contribution in [1.29, 1.82) is 0 Å². The van der Waals surface area contributed by atoms with Crippen molar-refractivity contribution in [2.75, 3.05) is 0 Å². The summed E-state index contributed by atoms with van der Waals surface area (Å²) < 4.78 is 14.6. The molecule has 2 N–H and O–H groups in total. The predicted octanol–water partition coefficient (Wildman–Crippen LogP) is 3.04. The highest BCUT2D eigenvalue weighted by atomic mass is 35.5. The Kier molecular flexibility index (Phi) is 3.56. The van der Waals surface area contributed by atoms with E-state index in [-0.39, 0.29) is 16.1 Å². The molecule has 2 rings (SSSR count). The molecule has 0 aliphatic heterocycles. The molecule has 0 aliphatic rings. The van der Waals surface area contributed by atoms with Crippen molar-refractivity contribution in [2.45, 2.75) is 19.9 Å². The minimum Gasteiger partial charge on any atom is -0.323 e. The third-order valence-corrected chi connectivity index (χ3v) is 3.13. The van der Waals surface area contributed by atoms with Gasteiger partial charge in [-0.25, -0.2) is 9.07 Å². The fourth-order valence-electron chi connectivity index (χ4n) is 1.71. The molecule has 0 radical (unpaired) electrons. The van der Waals surface area contributed by atoms with E-state index in [2.05, 4.69) is 10.3 Å². The molecule has 0 bridgehead atoms. The summed E-state index contributed by atoms with van der Waals surface area (Å²) in [5, 5.41) is 8.27. The van der Waals surface area contributed by atoms with Crippen molar-refractivity contribution in [3.05, 3.63) is 39.4 Å². The Bertz CT molecular complexity index is 572. The molecule has 2 aromatic rings. The van der Waals surface area contributed by atoms with E-state index in [4.69, 9.17) is 28.9 Å². The van der Waals surface area contributed by atoms with Gasteiger partial charge in [-0.2, -0.15) is 0 Å². The summed E-state index contributed by atoms with van der Waals surface area (Å²) >= 11 is 12.0. The molecule has 18 heavy (non-hydrogen) atoms. The Balaban J connectivity index is 2.63. The van der Waals surface area contributed by atoms with E-state index in [0.29, 0.717) is 11.4 Å². The smallest absolute Gasteiger partial charge is 0.126 e. The minimum absolute atomic E-state index is 0.171. The van der Waals surface area contributed by atoms with Crippen molar-refractivity contribution in [2.24, 2.45) is 5.73 Å². The zero-order chi connectivity index (χ0) is 13.4. The third-order valence-electron chi connectivity index (χ3n) is 2.56. The van der Waals surface area contributed by atoms with Crippen LogP contribution < -0.4 is 5.73 Å². The summed E-state index contributed by atoms with van der Waals surface area (Å²) in [4.78, 5) is 0. The fraction of sp³-hybridized carbons (Fsp3) is 0.273. The quantitative estimate of drug-likeness (QED) is 0.924. The second kappa shape index (κ2) is 4.84. The molecular weight excluding hydrogens is 278 g/mol. The van der Waals surface area contributed by atoms with E-state index < -0.39 is 5.82 Å². The van der Waals surface area contributed by atoms with E-state index >= 15 is 0 Å². The standard InChI is InChI=1S/C11H11Cl2FN4/c1-5(15)10-6(2)18(17-16-10)11-8(12)3-7(14)4-9(11)13/h3-5H,15H2,1-2H3. The zero-order valence-corrected chi connectivity index (χ0v) is 11.3. The van der Waals surface area contributed by atoms with Crippen molar-refractivity contribution in [1.82, 2.24) is 15.0 Å². The molecule has 0 fully saturated rings. The van der Waals surface area contributed by atoms with Gasteiger partial charge in [-0.15, -0.1) is 5.10 Å². The molecule has 96 valence electrons. The molecule has 0 saturated heterocycles. The van der Waals surface area contributed by atoms with E-state index in [0.717, 1.165) is 5.69 Å². The Morgan fingerprint density at radius 3 is 2.33 bits per heavy atom. The molecule has 1 aromatic carbocycles. The topological polar surface area (TPSA) is 56.7 Å². The summed E-state index contributed by atoms with van der Waals surface area (Å²) in [5.41, 5.74) is 7.53. The lowest BCUT2D eigenvalue weighted by atomic mass is 10.2. The van der Waals surface area contributed by atoms with E-state index in [9.17, 15) is 4.39 Å². The van der Waals surface area contributed by atoms with Crippen LogP contribution in [-0.2, 0) is 0 Å². The normalized spacial score (nSPS) is 12.8. The SMILES string of the molecule is Cc1c(C(C)N)nnn1-c1c(Cl)cc(F)cc1Cl. The number of nitrogens with two attached hydrogens (primary N) is 1. The summed E-state index contributed by atoms with van der Waals surface area (Å²) in [7, 11) is 0. The van der Waals surface area contributed by atoms with Gasteiger partial charge in [0.1, 0.15) is 17.2 Å². The van der Waals surface area contributed by atoms with Crippen LogP contribution in [-0.4, -0.2) is 15.0 Å². The van der Waals surface area contributed by atoms with Crippen LogP contribution in [0.4, 0.5) is 4.39 Å². The highest BCUT2D eigenvalue weighted by molar-refractivity contribution is 6.37. The van der Waals surface area contributed by atoms with Crippen molar-refractivity contribution >= 4 is 23.2 Å². The van der Waals surface area contributed by atoms with E-state index in [1.54, 1.807) is 13.8 Å². The van der Waals surface area contributed by atoms with Crippen LogP contribution in [0.2, 0.25) is 10.0 Å². The maximum Gasteiger partial charge on any atom is 0.126 e. The Labute approximate surface area is 113 Å². The Morgan fingerprint density at radius 1 is 1.33 bits per heavy atom. The fourth-order valence-corrected chi connectivity index (χ4v) is 2.33. The monoisotopic (exact) mass is 288 g/mol. The van der Waals surface area contributed by atoms with Crippen LogP contribution in [0.5, 0.6) is 0 Å². The average Bonchev–Trinajstić information content (AvgIpc) is 2.59. The minimum atomic E-state index is -0.501. The summed E-state index contributed by atoms with van der Waals surface area (Å²) in [6.07, 6.45) is 0. The second-order valence-corrected chi connectivity index (χ2v) is 4.79. The lowest BCUT2D eigenvalue weighted by Crippen LogP contribution is -2.08. The lowest BCUT2D eigenvalue weighted by molar-refractivity contribution is 0.626. The highest BCUT2D eigenvalue weighted by Crippen LogP contribution is 2.30. The molecule has 0 saturated carbocycles. The maximum absolute atomic E-state index is 13.1. The van der Waals surface area contributed by atoms with Gasteiger partial charge in [-0.05, 0) is 26.0 Å². The largest absolute Gasteiger partial charge is 0.323 e. The van der Waals surface area contributed by atoms with Gasteiger partial charge in [0.15, 0.2) is 0 Å². The van der Waals surface area contributed by atoms with Crippen LogP contribution in [0.25, 0.3) is 5.69 Å². The van der Waals surface area contributed by atoms with Gasteiger partial charge in [0.05, 0.1) is 15.7 Å². The molecule has 7 heteroatoms. The van der Waals surface area contributed by atoms with Gasteiger partial charge >= 0.3 is 0 Å². The molecule has 4 nitrogen and oxygen atoms in total. The van der Waals surface area contributed by atoms with Gasteiger partial charge < -0.3 is 5.73 Å². The third kappa shape index (κ3) is 2.21. The van der Waals surface area contributed by atoms with Crippen molar-refractivity contribution < 1.29 is 4.39 Å². The molecule has 1 aromatic heterocycles. The number of hydrogen-bond acceptors (Lipinski definition) is 3. The van der Waals surface area contributed by atoms with E-state index in [1.807, 2.05) is 0 Å². The van der Waals surface area contributed by atoms with Crippen molar-refractivity contribution in [3.63, 3.8) is 0 Å². The summed E-state index contributed by atoms with van der Waals surface area (Å²) in [6, 6.07) is 2.10. The molecule has 1 unspecified atom stereocenters. The van der Waals surface area contributed by atoms with Crippen LogP contribution >= 0.6 is 23.2 Å². The first-order chi connectivity index (χ1) is 8.41. The average molecular weight is 289 g/mol. The predicted molar refractivity (Wildman–Crippen MR) is 68.7 cm³/mol. The number of halogens is 3. The van der Waals surface area contributed by atoms with E-state index in [1.165, 1.54) is 16.8 Å². The summed E-state index contributed by atoms with van der Waals surface area (Å²) in [5.74, 6) is -0.501.